The number of hydrazone groups is 1. The van der Waals surface area contributed by atoms with E-state index >= 15 is 0 Å². The maximum atomic E-state index is 10.6. The average Bonchev–Trinajstić information content (AvgIpc) is 2.99. The number of nitrogens with one attached hydrogen (secondary N) is 2. The van der Waals surface area contributed by atoms with Gasteiger partial charge in [-0.05, 0) is 36.2 Å². The minimum atomic E-state index is -1.20. The normalized spacial score (nSPS) is 17.8. The fourth-order valence-corrected chi connectivity index (χ4v) is 2.06. The molecule has 1 atom stereocenters. The van der Waals surface area contributed by atoms with Crippen LogP contribution < -0.4 is 15.8 Å². The van der Waals surface area contributed by atoms with Gasteiger partial charge in [-0.2, -0.15) is 5.10 Å². The molecular weight excluding hydrogens is 290 g/mol. The van der Waals surface area contributed by atoms with Crippen molar-refractivity contribution in [3.05, 3.63) is 35.4 Å². The van der Waals surface area contributed by atoms with Crippen LogP contribution in [0.3, 0.4) is 0 Å². The van der Waals surface area contributed by atoms with Gasteiger partial charge in [-0.3, -0.25) is 5.43 Å². The molecule has 0 aromatic heterocycles. The average molecular weight is 306 g/mol. The molecule has 1 fully saturated rings. The molecule has 2 N–H and O–H groups in total. The van der Waals surface area contributed by atoms with E-state index in [1.807, 2.05) is 0 Å². The molecule has 0 aliphatic carbocycles. The van der Waals surface area contributed by atoms with Crippen LogP contribution in [-0.4, -0.2) is 36.6 Å². The molecule has 0 unspecified atom stereocenters. The number of aromatic carboxylic acids is 1. The molecule has 7 heteroatoms. The molecule has 21 heavy (non-hydrogen) atoms. The van der Waals surface area contributed by atoms with Gasteiger partial charge in [0, 0.05) is 13.2 Å². The van der Waals surface area contributed by atoms with E-state index in [0.717, 1.165) is 25.0 Å². The van der Waals surface area contributed by atoms with E-state index in [1.54, 1.807) is 18.3 Å². The zero-order chi connectivity index (χ0) is 15.1. The van der Waals surface area contributed by atoms with Crippen LogP contribution in [-0.2, 0) is 4.74 Å². The van der Waals surface area contributed by atoms with E-state index in [1.165, 1.54) is 12.1 Å². The Morgan fingerprint density at radius 3 is 2.86 bits per heavy atom. The number of carboxylic acids is 1. The molecule has 1 aromatic carbocycles. The summed E-state index contributed by atoms with van der Waals surface area (Å²) in [7, 11) is 0. The second-order valence-corrected chi connectivity index (χ2v) is 5.03. The van der Waals surface area contributed by atoms with Crippen molar-refractivity contribution in [2.75, 3.05) is 13.2 Å². The number of carboxylic acid groups (broad SMARTS) is 1. The van der Waals surface area contributed by atoms with Gasteiger partial charge in [-0.25, -0.2) is 0 Å². The van der Waals surface area contributed by atoms with E-state index in [2.05, 4.69) is 15.8 Å². The van der Waals surface area contributed by atoms with Gasteiger partial charge in [0.1, 0.15) is 0 Å². The summed E-state index contributed by atoms with van der Waals surface area (Å²) in [5, 5.41) is 18.0. The number of thiocarbonyl (C=S) groups is 1. The van der Waals surface area contributed by atoms with Crippen molar-refractivity contribution in [2.24, 2.45) is 5.10 Å². The Kier molecular flexibility index (Phi) is 5.65. The standard InChI is InChI=1S/C14H17N3O3S/c18-13(19)11-5-3-10(4-6-11)8-16-17-14(21)15-9-12-2-1-7-20-12/h3-6,8,12H,1-2,7,9H2,(H,18,19)(H2,15,17,21)/p-1/b16-8-/t12-/m1/s1. The minimum absolute atomic E-state index is 0.133. The topological polar surface area (TPSA) is 85.8 Å². The Balaban J connectivity index is 1.73. The molecular formula is C14H16N3O3S-. The van der Waals surface area contributed by atoms with Gasteiger partial charge < -0.3 is 20.0 Å². The molecule has 0 amide bonds. The van der Waals surface area contributed by atoms with Gasteiger partial charge in [-0.1, -0.05) is 24.3 Å². The summed E-state index contributed by atoms with van der Waals surface area (Å²) in [5.41, 5.74) is 3.59. The first kappa shape index (κ1) is 15.4. The zero-order valence-corrected chi connectivity index (χ0v) is 12.2. The maximum Gasteiger partial charge on any atom is 0.187 e. The highest BCUT2D eigenvalue weighted by Gasteiger charge is 2.14. The number of hydrogen-bond donors (Lipinski definition) is 2. The number of nitrogens with zero attached hydrogens (tertiary/aromatic N) is 1. The number of ether oxygens (including phenoxy) is 1. The molecule has 1 heterocycles. The summed E-state index contributed by atoms with van der Waals surface area (Å²) >= 11 is 5.08. The van der Waals surface area contributed by atoms with Gasteiger partial charge in [0.2, 0.25) is 0 Å². The lowest BCUT2D eigenvalue weighted by molar-refractivity contribution is -0.255. The molecule has 1 aliphatic heterocycles. The lowest BCUT2D eigenvalue weighted by Gasteiger charge is -2.11. The van der Waals surface area contributed by atoms with Crippen LogP contribution in [0.1, 0.15) is 28.8 Å². The Labute approximate surface area is 128 Å². The van der Waals surface area contributed by atoms with Crippen LogP contribution in [0.4, 0.5) is 0 Å². The predicted octanol–water partition coefficient (Wildman–Crippen LogP) is 0.0271. The Morgan fingerprint density at radius 2 is 2.24 bits per heavy atom. The van der Waals surface area contributed by atoms with E-state index in [-0.39, 0.29) is 11.7 Å². The quantitative estimate of drug-likeness (QED) is 0.453. The molecule has 1 saturated heterocycles. The predicted molar refractivity (Wildman–Crippen MR) is 81.1 cm³/mol. The maximum absolute atomic E-state index is 10.6. The van der Waals surface area contributed by atoms with Crippen molar-refractivity contribution in [3.8, 4) is 0 Å². The molecule has 0 radical (unpaired) electrons. The summed E-state index contributed by atoms with van der Waals surface area (Å²) in [6.07, 6.45) is 3.90. The van der Waals surface area contributed by atoms with E-state index in [0.29, 0.717) is 11.7 Å². The van der Waals surface area contributed by atoms with Crippen LogP contribution in [0.15, 0.2) is 29.4 Å². The number of rotatable bonds is 5. The van der Waals surface area contributed by atoms with Crippen molar-refractivity contribution in [3.63, 3.8) is 0 Å². The van der Waals surface area contributed by atoms with Gasteiger partial charge in [0.15, 0.2) is 5.11 Å². The zero-order valence-electron chi connectivity index (χ0n) is 11.4. The fourth-order valence-electron chi connectivity index (χ4n) is 1.92. The van der Waals surface area contributed by atoms with Crippen LogP contribution >= 0.6 is 12.2 Å². The molecule has 1 aromatic rings. The van der Waals surface area contributed by atoms with Crippen molar-refractivity contribution in [1.29, 1.82) is 0 Å². The van der Waals surface area contributed by atoms with Crippen LogP contribution in [0.25, 0.3) is 0 Å². The number of hydrogen-bond acceptors (Lipinski definition) is 5. The van der Waals surface area contributed by atoms with Crippen LogP contribution in [0.5, 0.6) is 0 Å². The number of carbonyl (C=O) groups excluding carboxylic acids is 1. The fraction of sp³-hybridized carbons (Fsp3) is 0.357. The SMILES string of the molecule is O=C([O-])c1ccc(/C=N\NC(=S)NC[C@H]2CCCO2)cc1. The Bertz CT molecular complexity index is 525. The highest BCUT2D eigenvalue weighted by molar-refractivity contribution is 7.80. The third-order valence-corrected chi connectivity index (χ3v) is 3.28. The monoisotopic (exact) mass is 306 g/mol. The summed E-state index contributed by atoms with van der Waals surface area (Å²) in [4.78, 5) is 10.6. The summed E-state index contributed by atoms with van der Waals surface area (Å²) < 4.78 is 5.47. The van der Waals surface area contributed by atoms with Crippen molar-refractivity contribution in [1.82, 2.24) is 10.7 Å². The Morgan fingerprint density at radius 1 is 1.48 bits per heavy atom. The first-order valence-corrected chi connectivity index (χ1v) is 7.06. The molecule has 0 saturated carbocycles. The first-order valence-electron chi connectivity index (χ1n) is 6.65. The van der Waals surface area contributed by atoms with E-state index < -0.39 is 5.97 Å². The van der Waals surface area contributed by atoms with Crippen LogP contribution in [0, 0.1) is 0 Å². The van der Waals surface area contributed by atoms with Crippen molar-refractivity contribution >= 4 is 29.5 Å². The second kappa shape index (κ2) is 7.70. The van der Waals surface area contributed by atoms with Crippen molar-refractivity contribution < 1.29 is 14.6 Å². The summed E-state index contributed by atoms with van der Waals surface area (Å²) in [6.45, 7) is 1.48. The largest absolute Gasteiger partial charge is 0.545 e. The molecule has 1 aliphatic rings. The number of benzene rings is 1. The number of carbonyl (C=O) groups is 1. The van der Waals surface area contributed by atoms with Gasteiger partial charge in [0.25, 0.3) is 0 Å². The third kappa shape index (κ3) is 5.13. The second-order valence-electron chi connectivity index (χ2n) is 4.62. The lowest BCUT2D eigenvalue weighted by Crippen LogP contribution is -2.37. The van der Waals surface area contributed by atoms with Gasteiger partial charge in [0.05, 0.1) is 18.3 Å². The highest BCUT2D eigenvalue weighted by atomic mass is 32.1. The van der Waals surface area contributed by atoms with E-state index in [9.17, 15) is 9.90 Å². The van der Waals surface area contributed by atoms with Crippen LogP contribution in [0.2, 0.25) is 0 Å². The van der Waals surface area contributed by atoms with E-state index in [4.69, 9.17) is 17.0 Å². The minimum Gasteiger partial charge on any atom is -0.545 e. The van der Waals surface area contributed by atoms with Gasteiger partial charge >= 0.3 is 0 Å². The molecule has 0 spiro atoms. The summed E-state index contributed by atoms with van der Waals surface area (Å²) in [6, 6.07) is 6.20. The van der Waals surface area contributed by atoms with Crippen molar-refractivity contribution in [2.45, 2.75) is 18.9 Å². The molecule has 2 rings (SSSR count). The molecule has 112 valence electrons. The molecule has 6 nitrogen and oxygen atoms in total. The van der Waals surface area contributed by atoms with Gasteiger partial charge in [-0.15, -0.1) is 0 Å². The first-order chi connectivity index (χ1) is 10.1. The molecule has 0 bridgehead atoms. The third-order valence-electron chi connectivity index (χ3n) is 3.04. The highest BCUT2D eigenvalue weighted by Crippen LogP contribution is 2.10. The Hall–Kier alpha value is -1.99. The summed E-state index contributed by atoms with van der Waals surface area (Å²) in [5.74, 6) is -1.20. The lowest BCUT2D eigenvalue weighted by atomic mass is 10.1. The smallest absolute Gasteiger partial charge is 0.187 e.